The average molecular weight is 367 g/mol. The van der Waals surface area contributed by atoms with Gasteiger partial charge in [-0.15, -0.1) is 0 Å². The van der Waals surface area contributed by atoms with Crippen LogP contribution in [0.5, 0.6) is 0 Å². The van der Waals surface area contributed by atoms with Crippen molar-refractivity contribution in [3.05, 3.63) is 66.5 Å². The van der Waals surface area contributed by atoms with Crippen molar-refractivity contribution in [2.45, 2.75) is 6.92 Å². The molecule has 6 aromatic rings. The van der Waals surface area contributed by atoms with E-state index in [2.05, 4.69) is 72.9 Å². The smallest absolute Gasteiger partial charge is 0.292 e. The number of aromatic nitrogens is 2. The highest BCUT2D eigenvalue weighted by Gasteiger charge is 2.24. The van der Waals surface area contributed by atoms with Crippen molar-refractivity contribution in [1.29, 1.82) is 0 Å². The van der Waals surface area contributed by atoms with Crippen molar-refractivity contribution in [2.75, 3.05) is 0 Å². The van der Waals surface area contributed by atoms with Crippen LogP contribution in [-0.4, -0.2) is 4.57 Å². The maximum Gasteiger partial charge on any atom is 0.292 e. The number of para-hydroxylation sites is 1. The van der Waals surface area contributed by atoms with Gasteiger partial charge in [-0.1, -0.05) is 30.3 Å². The van der Waals surface area contributed by atoms with Gasteiger partial charge in [-0.3, -0.25) is 0 Å². The van der Waals surface area contributed by atoms with Crippen LogP contribution in [0.3, 0.4) is 0 Å². The maximum absolute atomic E-state index is 6.46. The Balaban J connectivity index is 1.76. The molecule has 0 aliphatic carbocycles. The van der Waals surface area contributed by atoms with Crippen LogP contribution in [0.4, 0.5) is 0 Å². The van der Waals surface area contributed by atoms with Gasteiger partial charge in [0.05, 0.1) is 14.1 Å². The van der Waals surface area contributed by atoms with Crippen molar-refractivity contribution in [1.82, 2.24) is 4.57 Å². The monoisotopic (exact) mass is 367 g/mol. The molecular weight excluding hydrogens is 348 g/mol. The highest BCUT2D eigenvalue weighted by atomic mass is 16.3. The van der Waals surface area contributed by atoms with Crippen LogP contribution >= 0.6 is 0 Å². The molecular formula is C24H19N2O2+. The number of aryl methyl sites for hydroxylation is 3. The van der Waals surface area contributed by atoms with Crippen LogP contribution in [0.2, 0.25) is 0 Å². The molecule has 0 radical (unpaired) electrons. The minimum absolute atomic E-state index is 0.887. The van der Waals surface area contributed by atoms with Gasteiger partial charge in [0.15, 0.2) is 5.58 Å². The summed E-state index contributed by atoms with van der Waals surface area (Å²) in [5, 5.41) is 4.40. The number of hydrogen-bond donors (Lipinski definition) is 0. The fourth-order valence-corrected chi connectivity index (χ4v) is 4.38. The lowest BCUT2D eigenvalue weighted by Gasteiger charge is -2.04. The van der Waals surface area contributed by atoms with Gasteiger partial charge in [-0.2, -0.15) is 0 Å². The second kappa shape index (κ2) is 5.26. The molecule has 3 aromatic carbocycles. The maximum atomic E-state index is 6.46. The molecule has 28 heavy (non-hydrogen) atoms. The minimum atomic E-state index is 0.887. The molecule has 0 spiro atoms. The van der Waals surface area contributed by atoms with Crippen molar-refractivity contribution < 1.29 is 13.4 Å². The number of rotatable bonds is 1. The first kappa shape index (κ1) is 15.5. The van der Waals surface area contributed by atoms with E-state index in [1.54, 1.807) is 0 Å². The standard InChI is InChI=1S/C24H19N2O2/c1-14-8-9-16-18-13-20-17(15-6-4-5-7-19(15)27-20)12-21(18)28-23(16)22(14)24-25(2)10-11-26(24)3/h4-13H,1-3H3/q+1. The lowest BCUT2D eigenvalue weighted by atomic mass is 10.0. The van der Waals surface area contributed by atoms with Gasteiger partial charge in [0.1, 0.15) is 34.7 Å². The minimum Gasteiger partial charge on any atom is -0.456 e. The van der Waals surface area contributed by atoms with E-state index in [4.69, 9.17) is 8.83 Å². The third-order valence-corrected chi connectivity index (χ3v) is 5.75. The molecule has 0 saturated carbocycles. The first-order chi connectivity index (χ1) is 13.6. The predicted octanol–water partition coefficient (Wildman–Crippen LogP) is 5.62. The summed E-state index contributed by atoms with van der Waals surface area (Å²) in [5.41, 5.74) is 5.93. The molecule has 0 N–H and O–H groups in total. The quantitative estimate of drug-likeness (QED) is 0.353. The third kappa shape index (κ3) is 1.92. The Morgan fingerprint density at radius 2 is 1.57 bits per heavy atom. The lowest BCUT2D eigenvalue weighted by molar-refractivity contribution is -0.659. The van der Waals surface area contributed by atoms with Crippen molar-refractivity contribution in [3.8, 4) is 11.4 Å². The van der Waals surface area contributed by atoms with Crippen molar-refractivity contribution in [2.24, 2.45) is 14.1 Å². The average Bonchev–Trinajstić information content (AvgIpc) is 3.33. The van der Waals surface area contributed by atoms with Gasteiger partial charge in [0, 0.05) is 21.5 Å². The Morgan fingerprint density at radius 1 is 0.821 bits per heavy atom. The van der Waals surface area contributed by atoms with E-state index in [1.807, 2.05) is 18.2 Å². The van der Waals surface area contributed by atoms with Crippen LogP contribution in [0.15, 0.2) is 69.8 Å². The summed E-state index contributed by atoms with van der Waals surface area (Å²) < 4.78 is 16.8. The number of benzene rings is 3. The van der Waals surface area contributed by atoms with Crippen molar-refractivity contribution >= 4 is 43.9 Å². The van der Waals surface area contributed by atoms with Gasteiger partial charge >= 0.3 is 0 Å². The number of furan rings is 2. The molecule has 136 valence electrons. The van der Waals surface area contributed by atoms with Crippen LogP contribution in [0, 0.1) is 6.92 Å². The fraction of sp³-hybridized carbons (Fsp3) is 0.125. The summed E-state index contributed by atoms with van der Waals surface area (Å²) in [6.07, 6.45) is 4.13. The highest BCUT2D eigenvalue weighted by Crippen LogP contribution is 2.40. The van der Waals surface area contributed by atoms with Gasteiger partial charge in [-0.05, 0) is 30.7 Å². The molecule has 0 bridgehead atoms. The van der Waals surface area contributed by atoms with Gasteiger partial charge in [-0.25, -0.2) is 9.13 Å². The first-order valence-corrected chi connectivity index (χ1v) is 9.40. The molecule has 0 saturated heterocycles. The van der Waals surface area contributed by atoms with Crippen LogP contribution in [-0.2, 0) is 14.1 Å². The Morgan fingerprint density at radius 3 is 2.36 bits per heavy atom. The summed E-state index contributed by atoms with van der Waals surface area (Å²) in [6, 6.07) is 16.7. The lowest BCUT2D eigenvalue weighted by Crippen LogP contribution is -2.29. The second-order valence-electron chi connectivity index (χ2n) is 7.52. The normalized spacial score (nSPS) is 12.1. The van der Waals surface area contributed by atoms with Crippen molar-refractivity contribution in [3.63, 3.8) is 0 Å². The van der Waals surface area contributed by atoms with E-state index in [-0.39, 0.29) is 0 Å². The molecule has 0 aliphatic rings. The summed E-state index contributed by atoms with van der Waals surface area (Å²) in [4.78, 5) is 0. The van der Waals surface area contributed by atoms with E-state index in [1.165, 1.54) is 5.56 Å². The molecule has 0 aliphatic heterocycles. The van der Waals surface area contributed by atoms with E-state index in [9.17, 15) is 0 Å². The number of fused-ring (bicyclic) bond motifs is 6. The molecule has 4 heteroatoms. The SMILES string of the molecule is Cc1ccc2c(oc3cc4c(cc32)oc2ccccc24)c1-c1n(C)cc[n+]1C. The summed E-state index contributed by atoms with van der Waals surface area (Å²) in [5.74, 6) is 1.12. The summed E-state index contributed by atoms with van der Waals surface area (Å²) in [6.45, 7) is 2.13. The van der Waals surface area contributed by atoms with Gasteiger partial charge < -0.3 is 8.83 Å². The fourth-order valence-electron chi connectivity index (χ4n) is 4.38. The Bertz CT molecular complexity index is 1530. The Labute approximate surface area is 161 Å². The van der Waals surface area contributed by atoms with E-state index < -0.39 is 0 Å². The predicted molar refractivity (Wildman–Crippen MR) is 111 cm³/mol. The van der Waals surface area contributed by atoms with E-state index in [0.29, 0.717) is 0 Å². The molecule has 3 aromatic heterocycles. The van der Waals surface area contributed by atoms with Gasteiger partial charge in [0.25, 0.3) is 5.82 Å². The number of imidazole rings is 1. The van der Waals surface area contributed by atoms with E-state index in [0.717, 1.165) is 55.3 Å². The molecule has 0 atom stereocenters. The molecule has 4 nitrogen and oxygen atoms in total. The molecule has 3 heterocycles. The zero-order valence-electron chi connectivity index (χ0n) is 16.0. The topological polar surface area (TPSA) is 35.1 Å². The molecule has 6 rings (SSSR count). The Hall–Kier alpha value is -3.53. The molecule has 0 amide bonds. The first-order valence-electron chi connectivity index (χ1n) is 9.40. The zero-order chi connectivity index (χ0) is 19.0. The highest BCUT2D eigenvalue weighted by molar-refractivity contribution is 6.16. The van der Waals surface area contributed by atoms with Crippen LogP contribution < -0.4 is 4.57 Å². The zero-order valence-corrected chi connectivity index (χ0v) is 16.0. The van der Waals surface area contributed by atoms with E-state index >= 15 is 0 Å². The number of hydrogen-bond acceptors (Lipinski definition) is 2. The second-order valence-corrected chi connectivity index (χ2v) is 7.52. The third-order valence-electron chi connectivity index (χ3n) is 5.75. The van der Waals surface area contributed by atoms with Crippen LogP contribution in [0.25, 0.3) is 55.3 Å². The largest absolute Gasteiger partial charge is 0.456 e. The molecule has 0 fully saturated rings. The van der Waals surface area contributed by atoms with Gasteiger partial charge in [0.2, 0.25) is 0 Å². The summed E-state index contributed by atoms with van der Waals surface area (Å²) in [7, 11) is 4.13. The number of nitrogens with zero attached hydrogens (tertiary/aromatic N) is 2. The van der Waals surface area contributed by atoms with Crippen LogP contribution in [0.1, 0.15) is 5.56 Å². The molecule has 0 unspecified atom stereocenters. The Kier molecular flexibility index (Phi) is 2.91. The summed E-state index contributed by atoms with van der Waals surface area (Å²) >= 11 is 0.